The number of hydrogen-bond acceptors (Lipinski definition) is 3. The zero-order chi connectivity index (χ0) is 13.0. The van der Waals surface area contributed by atoms with E-state index in [0.29, 0.717) is 6.04 Å². The molecule has 0 bridgehead atoms. The number of hydrogen-bond donors (Lipinski definition) is 1. The Morgan fingerprint density at radius 3 is 2.83 bits per heavy atom. The molecule has 1 unspecified atom stereocenters. The standard InChI is InChI=1S/C15H24N2O/c1-17(2)11-12-6-7-15(18-3)13(9-12)10-14-5-4-8-16-14/h6-7,9,14,16H,4-5,8,10-11H2,1-3H3. The Kier molecular flexibility index (Phi) is 4.61. The quantitative estimate of drug-likeness (QED) is 0.863. The van der Waals surface area contributed by atoms with Gasteiger partial charge in [-0.15, -0.1) is 0 Å². The summed E-state index contributed by atoms with van der Waals surface area (Å²) in [5, 5.41) is 3.55. The third-order valence-electron chi connectivity index (χ3n) is 3.47. The Hall–Kier alpha value is -1.06. The van der Waals surface area contributed by atoms with Crippen LogP contribution in [0.1, 0.15) is 24.0 Å². The maximum atomic E-state index is 5.47. The maximum Gasteiger partial charge on any atom is 0.122 e. The second-order valence-corrected chi connectivity index (χ2v) is 5.38. The maximum absolute atomic E-state index is 5.47. The minimum absolute atomic E-state index is 0.619. The molecule has 1 aliphatic rings. The van der Waals surface area contributed by atoms with E-state index in [2.05, 4.69) is 42.5 Å². The highest BCUT2D eigenvalue weighted by atomic mass is 16.5. The largest absolute Gasteiger partial charge is 0.496 e. The number of methoxy groups -OCH3 is 1. The van der Waals surface area contributed by atoms with Crippen molar-refractivity contribution in [2.45, 2.75) is 31.8 Å². The lowest BCUT2D eigenvalue weighted by Gasteiger charge is -2.16. The number of benzene rings is 1. The van der Waals surface area contributed by atoms with Crippen LogP contribution < -0.4 is 10.1 Å². The lowest BCUT2D eigenvalue weighted by Crippen LogP contribution is -2.24. The first-order chi connectivity index (χ1) is 8.69. The van der Waals surface area contributed by atoms with Gasteiger partial charge in [-0.1, -0.05) is 12.1 Å². The van der Waals surface area contributed by atoms with Crippen LogP contribution in [0.15, 0.2) is 18.2 Å². The van der Waals surface area contributed by atoms with Gasteiger partial charge in [-0.25, -0.2) is 0 Å². The molecule has 0 aromatic heterocycles. The van der Waals surface area contributed by atoms with Crippen LogP contribution in [0.3, 0.4) is 0 Å². The fourth-order valence-electron chi connectivity index (χ4n) is 2.65. The van der Waals surface area contributed by atoms with Crippen molar-refractivity contribution < 1.29 is 4.74 Å². The molecule has 3 heteroatoms. The number of ether oxygens (including phenoxy) is 1. The van der Waals surface area contributed by atoms with Crippen LogP contribution in [0.5, 0.6) is 5.75 Å². The SMILES string of the molecule is COc1ccc(CN(C)C)cc1CC1CCCN1. The van der Waals surface area contributed by atoms with Gasteiger partial charge in [0.25, 0.3) is 0 Å². The normalized spacial score (nSPS) is 19.4. The van der Waals surface area contributed by atoms with Gasteiger partial charge in [-0.3, -0.25) is 0 Å². The molecule has 0 aliphatic carbocycles. The summed E-state index contributed by atoms with van der Waals surface area (Å²) in [5.74, 6) is 1.02. The fourth-order valence-corrected chi connectivity index (χ4v) is 2.65. The summed E-state index contributed by atoms with van der Waals surface area (Å²) in [6, 6.07) is 7.17. The van der Waals surface area contributed by atoms with E-state index in [1.165, 1.54) is 24.0 Å². The Labute approximate surface area is 110 Å². The first-order valence-corrected chi connectivity index (χ1v) is 6.73. The van der Waals surface area contributed by atoms with Crippen LogP contribution in [0, 0.1) is 0 Å². The molecule has 1 aromatic rings. The molecule has 100 valence electrons. The number of nitrogens with one attached hydrogen (secondary N) is 1. The second kappa shape index (κ2) is 6.21. The summed E-state index contributed by atoms with van der Waals surface area (Å²) in [6.45, 7) is 2.14. The van der Waals surface area contributed by atoms with E-state index in [1.54, 1.807) is 7.11 Å². The summed E-state index contributed by atoms with van der Waals surface area (Å²) in [4.78, 5) is 2.19. The summed E-state index contributed by atoms with van der Waals surface area (Å²) in [6.07, 6.45) is 3.65. The number of rotatable bonds is 5. The van der Waals surface area contributed by atoms with Gasteiger partial charge in [-0.05, 0) is 57.1 Å². The van der Waals surface area contributed by atoms with E-state index in [1.807, 2.05) is 0 Å². The van der Waals surface area contributed by atoms with Crippen molar-refractivity contribution in [2.75, 3.05) is 27.7 Å². The molecule has 0 amide bonds. The molecule has 1 aromatic carbocycles. The monoisotopic (exact) mass is 248 g/mol. The van der Waals surface area contributed by atoms with Crippen LogP contribution >= 0.6 is 0 Å². The molecule has 1 saturated heterocycles. The molecule has 3 nitrogen and oxygen atoms in total. The third kappa shape index (κ3) is 3.47. The highest BCUT2D eigenvalue weighted by Crippen LogP contribution is 2.24. The van der Waals surface area contributed by atoms with Crippen molar-refractivity contribution in [1.82, 2.24) is 10.2 Å². The molecule has 18 heavy (non-hydrogen) atoms. The van der Waals surface area contributed by atoms with Crippen LogP contribution in [0.2, 0.25) is 0 Å². The minimum Gasteiger partial charge on any atom is -0.496 e. The van der Waals surface area contributed by atoms with Crippen molar-refractivity contribution in [1.29, 1.82) is 0 Å². The van der Waals surface area contributed by atoms with Gasteiger partial charge in [-0.2, -0.15) is 0 Å². The van der Waals surface area contributed by atoms with Crippen molar-refractivity contribution in [3.8, 4) is 5.75 Å². The highest BCUT2D eigenvalue weighted by molar-refractivity contribution is 5.38. The van der Waals surface area contributed by atoms with Gasteiger partial charge < -0.3 is 15.0 Å². The summed E-state index contributed by atoms with van der Waals surface area (Å²) in [7, 11) is 5.96. The molecule has 1 N–H and O–H groups in total. The molecular weight excluding hydrogens is 224 g/mol. The van der Waals surface area contributed by atoms with Crippen molar-refractivity contribution in [3.05, 3.63) is 29.3 Å². The van der Waals surface area contributed by atoms with E-state index in [-0.39, 0.29) is 0 Å². The Morgan fingerprint density at radius 1 is 1.39 bits per heavy atom. The topological polar surface area (TPSA) is 24.5 Å². The third-order valence-corrected chi connectivity index (χ3v) is 3.47. The van der Waals surface area contributed by atoms with Crippen molar-refractivity contribution in [2.24, 2.45) is 0 Å². The van der Waals surface area contributed by atoms with E-state index >= 15 is 0 Å². The molecule has 0 radical (unpaired) electrons. The first kappa shape index (κ1) is 13.4. The average molecular weight is 248 g/mol. The van der Waals surface area contributed by atoms with Gasteiger partial charge in [0.15, 0.2) is 0 Å². The van der Waals surface area contributed by atoms with Crippen LogP contribution in [-0.2, 0) is 13.0 Å². The highest BCUT2D eigenvalue weighted by Gasteiger charge is 2.16. The molecule has 1 aliphatic heterocycles. The van der Waals surface area contributed by atoms with Crippen LogP contribution in [0.4, 0.5) is 0 Å². The molecule has 1 heterocycles. The van der Waals surface area contributed by atoms with Gasteiger partial charge in [0, 0.05) is 12.6 Å². The Bertz CT molecular complexity index is 384. The first-order valence-electron chi connectivity index (χ1n) is 6.73. The van der Waals surface area contributed by atoms with Crippen LogP contribution in [-0.4, -0.2) is 38.7 Å². The predicted octanol–water partition coefficient (Wildman–Crippen LogP) is 2.05. The zero-order valence-corrected chi connectivity index (χ0v) is 11.7. The van der Waals surface area contributed by atoms with Gasteiger partial charge >= 0.3 is 0 Å². The summed E-state index contributed by atoms with van der Waals surface area (Å²) < 4.78 is 5.47. The van der Waals surface area contributed by atoms with Crippen LogP contribution in [0.25, 0.3) is 0 Å². The minimum atomic E-state index is 0.619. The van der Waals surface area contributed by atoms with Crippen molar-refractivity contribution in [3.63, 3.8) is 0 Å². The number of nitrogens with zero attached hydrogens (tertiary/aromatic N) is 1. The van der Waals surface area contributed by atoms with E-state index in [4.69, 9.17) is 4.74 Å². The molecular formula is C15H24N2O. The second-order valence-electron chi connectivity index (χ2n) is 5.38. The van der Waals surface area contributed by atoms with Gasteiger partial charge in [0.2, 0.25) is 0 Å². The van der Waals surface area contributed by atoms with Crippen molar-refractivity contribution >= 4 is 0 Å². The Morgan fingerprint density at radius 2 is 2.22 bits per heavy atom. The predicted molar refractivity (Wildman–Crippen MR) is 75.1 cm³/mol. The lowest BCUT2D eigenvalue weighted by atomic mass is 10.0. The smallest absolute Gasteiger partial charge is 0.122 e. The Balaban J connectivity index is 2.13. The molecule has 1 atom stereocenters. The van der Waals surface area contributed by atoms with E-state index in [9.17, 15) is 0 Å². The average Bonchev–Trinajstić information content (AvgIpc) is 2.81. The zero-order valence-electron chi connectivity index (χ0n) is 11.7. The summed E-state index contributed by atoms with van der Waals surface area (Å²) >= 11 is 0. The lowest BCUT2D eigenvalue weighted by molar-refractivity contribution is 0.396. The molecule has 0 spiro atoms. The van der Waals surface area contributed by atoms with E-state index in [0.717, 1.165) is 25.3 Å². The van der Waals surface area contributed by atoms with E-state index < -0.39 is 0 Å². The van der Waals surface area contributed by atoms with Gasteiger partial charge in [0.1, 0.15) is 5.75 Å². The molecule has 1 fully saturated rings. The van der Waals surface area contributed by atoms with Gasteiger partial charge in [0.05, 0.1) is 7.11 Å². The summed E-state index contributed by atoms with van der Waals surface area (Å²) in [5.41, 5.74) is 2.69. The fraction of sp³-hybridized carbons (Fsp3) is 0.600. The molecule has 0 saturated carbocycles. The molecule has 2 rings (SSSR count).